The highest BCUT2D eigenvalue weighted by atomic mass is 16.5. The molecule has 2 aliphatic rings. The van der Waals surface area contributed by atoms with Gasteiger partial charge in [-0.3, -0.25) is 4.90 Å². The smallest absolute Gasteiger partial charge is 0.121 e. The van der Waals surface area contributed by atoms with E-state index in [1.54, 1.807) is 12.5 Å². The fourth-order valence-electron chi connectivity index (χ4n) is 2.85. The number of aromatic nitrogens is 2. The Balaban J connectivity index is 1.36. The molecule has 1 aliphatic carbocycles. The maximum absolute atomic E-state index is 5.94. The van der Waals surface area contributed by atoms with Crippen molar-refractivity contribution in [2.75, 3.05) is 13.2 Å². The minimum absolute atomic E-state index is 0.636. The van der Waals surface area contributed by atoms with Gasteiger partial charge >= 0.3 is 0 Å². The third-order valence-electron chi connectivity index (χ3n) is 4.36. The third kappa shape index (κ3) is 2.31. The van der Waals surface area contributed by atoms with Gasteiger partial charge < -0.3 is 9.30 Å². The second kappa shape index (κ2) is 4.94. The van der Waals surface area contributed by atoms with Gasteiger partial charge in [-0.05, 0) is 25.0 Å². The van der Waals surface area contributed by atoms with E-state index in [-0.39, 0.29) is 0 Å². The van der Waals surface area contributed by atoms with Crippen LogP contribution in [0.3, 0.4) is 0 Å². The first kappa shape index (κ1) is 12.0. The van der Waals surface area contributed by atoms with Crippen LogP contribution in [0.4, 0.5) is 0 Å². The molecule has 1 aliphatic heterocycles. The van der Waals surface area contributed by atoms with Gasteiger partial charge in [-0.15, -0.1) is 0 Å². The van der Waals surface area contributed by atoms with Crippen LogP contribution in [0.15, 0.2) is 43.0 Å². The van der Waals surface area contributed by atoms with Gasteiger partial charge in [0, 0.05) is 31.0 Å². The van der Waals surface area contributed by atoms with Gasteiger partial charge in [0.2, 0.25) is 0 Å². The highest BCUT2D eigenvalue weighted by molar-refractivity contribution is 5.39. The molecule has 2 aromatic rings. The van der Waals surface area contributed by atoms with Gasteiger partial charge in [0.25, 0.3) is 0 Å². The van der Waals surface area contributed by atoms with Crippen molar-refractivity contribution >= 4 is 0 Å². The lowest BCUT2D eigenvalue weighted by Gasteiger charge is -2.27. The summed E-state index contributed by atoms with van der Waals surface area (Å²) in [6.45, 7) is 2.02. The maximum Gasteiger partial charge on any atom is 0.121 e. The Morgan fingerprint density at radius 1 is 1.30 bits per heavy atom. The predicted octanol–water partition coefficient (Wildman–Crippen LogP) is 2.49. The Hall–Kier alpha value is -1.81. The summed E-state index contributed by atoms with van der Waals surface area (Å²) in [7, 11) is 0. The van der Waals surface area contributed by atoms with Crippen molar-refractivity contribution in [3.05, 3.63) is 43.0 Å². The first-order chi connectivity index (χ1) is 9.90. The van der Waals surface area contributed by atoms with Gasteiger partial charge in [-0.25, -0.2) is 4.98 Å². The summed E-state index contributed by atoms with van der Waals surface area (Å²) in [6.07, 6.45) is 9.70. The second-order valence-electron chi connectivity index (χ2n) is 5.71. The lowest BCUT2D eigenvalue weighted by molar-refractivity contribution is 0.215. The van der Waals surface area contributed by atoms with E-state index in [9.17, 15) is 0 Å². The number of ether oxygens (including phenoxy) is 1. The molecule has 0 bridgehead atoms. The molecule has 2 heterocycles. The molecule has 104 valence electrons. The molecule has 4 rings (SSSR count). The molecule has 4 heteroatoms. The van der Waals surface area contributed by atoms with Crippen LogP contribution in [0.1, 0.15) is 19.3 Å². The molecule has 1 aromatic carbocycles. The average molecular weight is 269 g/mol. The zero-order valence-corrected chi connectivity index (χ0v) is 11.5. The Kier molecular flexibility index (Phi) is 2.96. The first-order valence-electron chi connectivity index (χ1n) is 7.37. The number of hydrogen-bond acceptors (Lipinski definition) is 3. The molecule has 1 saturated heterocycles. The van der Waals surface area contributed by atoms with Crippen molar-refractivity contribution in [1.29, 1.82) is 0 Å². The van der Waals surface area contributed by atoms with Crippen LogP contribution >= 0.6 is 0 Å². The zero-order chi connectivity index (χ0) is 13.4. The van der Waals surface area contributed by atoms with Crippen LogP contribution in [0.2, 0.25) is 0 Å². The molecule has 1 aromatic heterocycles. The van der Waals surface area contributed by atoms with Crippen molar-refractivity contribution < 1.29 is 4.74 Å². The molecule has 0 radical (unpaired) electrons. The molecule has 1 saturated carbocycles. The molecule has 4 nitrogen and oxygen atoms in total. The molecule has 0 N–H and O–H groups in total. The zero-order valence-electron chi connectivity index (χ0n) is 11.5. The summed E-state index contributed by atoms with van der Waals surface area (Å²) in [6, 6.07) is 9.67. The molecule has 20 heavy (non-hydrogen) atoms. The van der Waals surface area contributed by atoms with Crippen LogP contribution in [0, 0.1) is 0 Å². The highest BCUT2D eigenvalue weighted by Crippen LogP contribution is 2.33. The molecule has 2 fully saturated rings. The third-order valence-corrected chi connectivity index (χ3v) is 4.36. The van der Waals surface area contributed by atoms with Gasteiger partial charge in [0.05, 0.1) is 18.1 Å². The summed E-state index contributed by atoms with van der Waals surface area (Å²) in [5.74, 6) is 0.941. The van der Waals surface area contributed by atoms with Crippen molar-refractivity contribution in [2.45, 2.75) is 31.3 Å². The summed E-state index contributed by atoms with van der Waals surface area (Å²) < 4.78 is 7.93. The minimum atomic E-state index is 0.636. The summed E-state index contributed by atoms with van der Waals surface area (Å²) >= 11 is 0. The van der Waals surface area contributed by atoms with Crippen LogP contribution in [-0.4, -0.2) is 39.7 Å². The van der Waals surface area contributed by atoms with Gasteiger partial charge in [-0.2, -0.15) is 0 Å². The topological polar surface area (TPSA) is 30.1 Å². The molecule has 2 atom stereocenters. The fraction of sp³-hybridized carbons (Fsp3) is 0.438. The summed E-state index contributed by atoms with van der Waals surface area (Å²) in [5.41, 5.74) is 1.09. The van der Waals surface area contributed by atoms with Crippen molar-refractivity contribution in [1.82, 2.24) is 14.5 Å². The number of nitrogens with zero attached hydrogens (tertiary/aromatic N) is 3. The van der Waals surface area contributed by atoms with Crippen LogP contribution in [-0.2, 0) is 0 Å². The molecule has 2 unspecified atom stereocenters. The monoisotopic (exact) mass is 269 g/mol. The number of hydrogen-bond donors (Lipinski definition) is 0. The van der Waals surface area contributed by atoms with Gasteiger partial charge in [-0.1, -0.05) is 12.5 Å². The number of imidazole rings is 1. The van der Waals surface area contributed by atoms with Crippen molar-refractivity contribution in [3.8, 4) is 11.4 Å². The van der Waals surface area contributed by atoms with E-state index >= 15 is 0 Å². The molecule has 0 amide bonds. The highest BCUT2D eigenvalue weighted by Gasteiger charge is 2.42. The SMILES string of the molecule is c1cc(OCC2CN2C2CCC2)cc(-n2ccnc2)c1. The lowest BCUT2D eigenvalue weighted by Crippen LogP contribution is -2.29. The van der Waals surface area contributed by atoms with E-state index in [4.69, 9.17) is 4.74 Å². The van der Waals surface area contributed by atoms with Crippen LogP contribution in [0.25, 0.3) is 5.69 Å². The molecular weight excluding hydrogens is 250 g/mol. The maximum atomic E-state index is 5.94. The van der Waals surface area contributed by atoms with E-state index in [1.165, 1.54) is 25.8 Å². The Labute approximate surface area is 119 Å². The van der Waals surface area contributed by atoms with Crippen LogP contribution in [0.5, 0.6) is 5.75 Å². The normalized spacial score (nSPS) is 25.2. The minimum Gasteiger partial charge on any atom is -0.492 e. The lowest BCUT2D eigenvalue weighted by atomic mass is 9.93. The van der Waals surface area contributed by atoms with Gasteiger partial charge in [0.15, 0.2) is 0 Å². The summed E-state index contributed by atoms with van der Waals surface area (Å²) in [4.78, 5) is 6.65. The Morgan fingerprint density at radius 3 is 3.00 bits per heavy atom. The van der Waals surface area contributed by atoms with E-state index in [2.05, 4.69) is 22.0 Å². The second-order valence-corrected chi connectivity index (χ2v) is 5.71. The van der Waals surface area contributed by atoms with Crippen LogP contribution < -0.4 is 4.74 Å². The molecular formula is C16H19N3O. The Morgan fingerprint density at radius 2 is 2.25 bits per heavy atom. The predicted molar refractivity (Wildman–Crippen MR) is 77.2 cm³/mol. The first-order valence-corrected chi connectivity index (χ1v) is 7.37. The quantitative estimate of drug-likeness (QED) is 0.781. The number of rotatable bonds is 5. The van der Waals surface area contributed by atoms with E-state index in [1.807, 2.05) is 22.9 Å². The average Bonchev–Trinajstić information content (AvgIpc) is 2.95. The molecule has 0 spiro atoms. The fourth-order valence-corrected chi connectivity index (χ4v) is 2.85. The standard InChI is InChI=1S/C16H19N3O/c1-3-13(4-1)19-10-15(19)11-20-16-6-2-5-14(9-16)18-8-7-17-12-18/h2,5-9,12-13,15H,1,3-4,10-11H2. The number of benzene rings is 1. The van der Waals surface area contributed by atoms with E-state index in [0.29, 0.717) is 6.04 Å². The summed E-state index contributed by atoms with van der Waals surface area (Å²) in [5, 5.41) is 0. The Bertz CT molecular complexity index is 577. The van der Waals surface area contributed by atoms with Crippen molar-refractivity contribution in [3.63, 3.8) is 0 Å². The largest absolute Gasteiger partial charge is 0.492 e. The van der Waals surface area contributed by atoms with E-state index < -0.39 is 0 Å². The van der Waals surface area contributed by atoms with Gasteiger partial charge in [0.1, 0.15) is 12.4 Å². The van der Waals surface area contributed by atoms with Crippen molar-refractivity contribution in [2.24, 2.45) is 0 Å². The van der Waals surface area contributed by atoms with E-state index in [0.717, 1.165) is 24.1 Å².